The Morgan fingerprint density at radius 1 is 1.11 bits per heavy atom. The van der Waals surface area contributed by atoms with E-state index >= 15 is 0 Å². The molecule has 148 valence electrons. The van der Waals surface area contributed by atoms with E-state index in [4.69, 9.17) is 9.47 Å². The van der Waals surface area contributed by atoms with Crippen LogP contribution in [0.25, 0.3) is 10.2 Å². The number of nitrogens with zero attached hydrogens (tertiary/aromatic N) is 1. The summed E-state index contributed by atoms with van der Waals surface area (Å²) in [5.41, 5.74) is 2.25. The van der Waals surface area contributed by atoms with Gasteiger partial charge in [-0.3, -0.25) is 4.79 Å². The number of aromatic nitrogens is 1. The molecule has 1 amide bonds. The van der Waals surface area contributed by atoms with Crippen molar-refractivity contribution >= 4 is 32.6 Å². The van der Waals surface area contributed by atoms with E-state index in [0.29, 0.717) is 24.6 Å². The van der Waals surface area contributed by atoms with Crippen LogP contribution in [0.3, 0.4) is 0 Å². The monoisotopic (exact) mass is 398 g/mol. The number of ether oxygens (including phenoxy) is 2. The van der Waals surface area contributed by atoms with Gasteiger partial charge in [-0.1, -0.05) is 44.2 Å². The second-order valence-electron chi connectivity index (χ2n) is 7.63. The van der Waals surface area contributed by atoms with Gasteiger partial charge in [0.2, 0.25) is 5.91 Å². The molecular formula is C22H26N2O3S. The molecule has 0 spiro atoms. The molecule has 0 saturated carbocycles. The fourth-order valence-corrected chi connectivity index (χ4v) is 3.65. The smallest absolute Gasteiger partial charge is 0.226 e. The van der Waals surface area contributed by atoms with Crippen LogP contribution in [0.15, 0.2) is 42.5 Å². The van der Waals surface area contributed by atoms with E-state index in [2.05, 4.69) is 43.2 Å². The van der Waals surface area contributed by atoms with E-state index in [9.17, 15) is 4.79 Å². The van der Waals surface area contributed by atoms with Crippen molar-refractivity contribution < 1.29 is 14.3 Å². The van der Waals surface area contributed by atoms with Gasteiger partial charge in [0.15, 0.2) is 5.13 Å². The van der Waals surface area contributed by atoms with Crippen molar-refractivity contribution in [2.24, 2.45) is 0 Å². The lowest BCUT2D eigenvalue weighted by Gasteiger charge is -2.19. The molecular weight excluding hydrogens is 372 g/mol. The molecule has 1 heterocycles. The van der Waals surface area contributed by atoms with Crippen LogP contribution in [-0.4, -0.2) is 24.6 Å². The highest BCUT2D eigenvalue weighted by Gasteiger charge is 2.13. The maximum atomic E-state index is 12.2. The molecule has 0 aliphatic carbocycles. The van der Waals surface area contributed by atoms with Gasteiger partial charge < -0.3 is 14.8 Å². The summed E-state index contributed by atoms with van der Waals surface area (Å²) in [6.07, 6.45) is 1.03. The van der Waals surface area contributed by atoms with Crippen LogP contribution in [0.1, 0.15) is 39.2 Å². The maximum Gasteiger partial charge on any atom is 0.226 e. The SMILES string of the molecule is COc1ccc2nc(NC(=O)CCCOc3ccc(C(C)(C)C)cc3)sc2c1. The number of anilines is 1. The molecule has 0 aliphatic heterocycles. The molecule has 0 fully saturated rings. The van der Waals surface area contributed by atoms with Gasteiger partial charge >= 0.3 is 0 Å². The number of hydrogen-bond acceptors (Lipinski definition) is 5. The minimum absolute atomic E-state index is 0.0577. The number of rotatable bonds is 7. The Morgan fingerprint density at radius 2 is 1.82 bits per heavy atom. The number of methoxy groups -OCH3 is 1. The molecule has 3 aromatic rings. The quantitative estimate of drug-likeness (QED) is 0.541. The van der Waals surface area contributed by atoms with Crippen molar-refractivity contribution in [2.45, 2.75) is 39.0 Å². The fourth-order valence-electron chi connectivity index (χ4n) is 2.74. The third kappa shape index (κ3) is 5.23. The highest BCUT2D eigenvalue weighted by Crippen LogP contribution is 2.29. The van der Waals surface area contributed by atoms with E-state index < -0.39 is 0 Å². The summed E-state index contributed by atoms with van der Waals surface area (Å²) in [6.45, 7) is 7.05. The molecule has 3 rings (SSSR count). The number of hydrogen-bond donors (Lipinski definition) is 1. The molecule has 6 heteroatoms. The Hall–Kier alpha value is -2.60. The minimum atomic E-state index is -0.0577. The average molecular weight is 399 g/mol. The number of benzene rings is 2. The average Bonchev–Trinajstić information content (AvgIpc) is 3.06. The summed E-state index contributed by atoms with van der Waals surface area (Å²) in [7, 11) is 1.63. The van der Waals surface area contributed by atoms with E-state index in [1.165, 1.54) is 16.9 Å². The molecule has 0 aliphatic rings. The van der Waals surface area contributed by atoms with Gasteiger partial charge in [0.25, 0.3) is 0 Å². The number of nitrogens with one attached hydrogen (secondary N) is 1. The summed E-state index contributed by atoms with van der Waals surface area (Å²) in [5.74, 6) is 1.55. The Kier molecular flexibility index (Phi) is 6.19. The zero-order valence-electron chi connectivity index (χ0n) is 16.7. The summed E-state index contributed by atoms with van der Waals surface area (Å²) in [6, 6.07) is 13.8. The fraction of sp³-hybridized carbons (Fsp3) is 0.364. The van der Waals surface area contributed by atoms with Crippen molar-refractivity contribution in [3.63, 3.8) is 0 Å². The first-order valence-corrected chi connectivity index (χ1v) is 10.1. The molecule has 28 heavy (non-hydrogen) atoms. The van der Waals surface area contributed by atoms with Gasteiger partial charge in [0.1, 0.15) is 11.5 Å². The van der Waals surface area contributed by atoms with Crippen LogP contribution in [0.5, 0.6) is 11.5 Å². The lowest BCUT2D eigenvalue weighted by molar-refractivity contribution is -0.116. The molecule has 1 aromatic heterocycles. The van der Waals surface area contributed by atoms with Crippen LogP contribution in [0, 0.1) is 0 Å². The molecule has 5 nitrogen and oxygen atoms in total. The second-order valence-corrected chi connectivity index (χ2v) is 8.66. The van der Waals surface area contributed by atoms with Crippen LogP contribution < -0.4 is 14.8 Å². The van der Waals surface area contributed by atoms with Crippen LogP contribution in [-0.2, 0) is 10.2 Å². The van der Waals surface area contributed by atoms with Gasteiger partial charge in [-0.05, 0) is 47.7 Å². The number of carbonyl (C=O) groups excluding carboxylic acids is 1. The molecule has 0 unspecified atom stereocenters. The van der Waals surface area contributed by atoms with Gasteiger partial charge in [0.05, 0.1) is 23.9 Å². The minimum Gasteiger partial charge on any atom is -0.497 e. The van der Waals surface area contributed by atoms with Crippen molar-refractivity contribution in [2.75, 3.05) is 19.0 Å². The van der Waals surface area contributed by atoms with Crippen LogP contribution in [0.4, 0.5) is 5.13 Å². The van der Waals surface area contributed by atoms with Gasteiger partial charge in [-0.25, -0.2) is 4.98 Å². The van der Waals surface area contributed by atoms with E-state index in [1.54, 1.807) is 7.11 Å². The molecule has 0 bridgehead atoms. The van der Waals surface area contributed by atoms with E-state index in [1.807, 2.05) is 30.3 Å². The summed E-state index contributed by atoms with van der Waals surface area (Å²) in [5, 5.41) is 3.47. The zero-order valence-corrected chi connectivity index (χ0v) is 17.6. The van der Waals surface area contributed by atoms with Crippen molar-refractivity contribution in [3.8, 4) is 11.5 Å². The van der Waals surface area contributed by atoms with Crippen molar-refractivity contribution in [1.82, 2.24) is 4.98 Å². The Morgan fingerprint density at radius 3 is 2.50 bits per heavy atom. The summed E-state index contributed by atoms with van der Waals surface area (Å²) in [4.78, 5) is 16.6. The van der Waals surface area contributed by atoms with Crippen LogP contribution in [0.2, 0.25) is 0 Å². The third-order valence-corrected chi connectivity index (χ3v) is 5.31. The lowest BCUT2D eigenvalue weighted by atomic mass is 9.87. The largest absolute Gasteiger partial charge is 0.497 e. The maximum absolute atomic E-state index is 12.2. The summed E-state index contributed by atoms with van der Waals surface area (Å²) >= 11 is 1.44. The number of fused-ring (bicyclic) bond motifs is 1. The zero-order chi connectivity index (χ0) is 20.1. The predicted octanol–water partition coefficient (Wildman–Crippen LogP) is 5.40. The van der Waals surface area contributed by atoms with Gasteiger partial charge in [-0.2, -0.15) is 0 Å². The Bertz CT molecular complexity index is 943. The topological polar surface area (TPSA) is 60.5 Å². The standard InChI is InChI=1S/C22H26N2O3S/c1-22(2,3)15-7-9-16(10-8-15)27-13-5-6-20(25)24-21-23-18-12-11-17(26-4)14-19(18)28-21/h7-12,14H,5-6,13H2,1-4H3,(H,23,24,25). The Labute approximate surface area is 169 Å². The number of carbonyl (C=O) groups is 1. The third-order valence-electron chi connectivity index (χ3n) is 4.38. The lowest BCUT2D eigenvalue weighted by Crippen LogP contribution is -2.13. The normalized spacial score (nSPS) is 11.4. The molecule has 0 saturated heterocycles. The van der Waals surface area contributed by atoms with Crippen molar-refractivity contribution in [3.05, 3.63) is 48.0 Å². The first-order chi connectivity index (χ1) is 13.3. The molecule has 0 atom stereocenters. The van der Waals surface area contributed by atoms with Crippen LogP contribution >= 0.6 is 11.3 Å². The Balaban J connectivity index is 1.44. The second kappa shape index (κ2) is 8.61. The van der Waals surface area contributed by atoms with Gasteiger partial charge in [0, 0.05) is 6.42 Å². The first kappa shape index (κ1) is 20.1. The molecule has 0 radical (unpaired) electrons. The number of amides is 1. The van der Waals surface area contributed by atoms with E-state index in [-0.39, 0.29) is 11.3 Å². The van der Waals surface area contributed by atoms with Crippen molar-refractivity contribution in [1.29, 1.82) is 0 Å². The molecule has 1 N–H and O–H groups in total. The number of thiazole rings is 1. The highest BCUT2D eigenvalue weighted by molar-refractivity contribution is 7.22. The first-order valence-electron chi connectivity index (χ1n) is 9.33. The molecule has 2 aromatic carbocycles. The van der Waals surface area contributed by atoms with E-state index in [0.717, 1.165) is 21.7 Å². The van der Waals surface area contributed by atoms with Gasteiger partial charge in [-0.15, -0.1) is 0 Å². The predicted molar refractivity (Wildman–Crippen MR) is 115 cm³/mol. The summed E-state index contributed by atoms with van der Waals surface area (Å²) < 4.78 is 11.9. The highest BCUT2D eigenvalue weighted by atomic mass is 32.1.